The van der Waals surface area contributed by atoms with E-state index in [1.807, 2.05) is 18.2 Å². The zero-order valence-electron chi connectivity index (χ0n) is 14.0. The van der Waals surface area contributed by atoms with Crippen molar-refractivity contribution < 1.29 is 4.79 Å². The van der Waals surface area contributed by atoms with Gasteiger partial charge in [0.2, 0.25) is 0 Å². The molecule has 2 aromatic rings. The summed E-state index contributed by atoms with van der Waals surface area (Å²) in [5.74, 6) is 0.677. The first-order valence-corrected chi connectivity index (χ1v) is 8.64. The van der Waals surface area contributed by atoms with Crippen LogP contribution in [0.2, 0.25) is 0 Å². The summed E-state index contributed by atoms with van der Waals surface area (Å²) >= 11 is 0. The molecule has 1 aromatic carbocycles. The van der Waals surface area contributed by atoms with Gasteiger partial charge < -0.3 is 10.6 Å². The van der Waals surface area contributed by atoms with Crippen LogP contribution in [0.5, 0.6) is 0 Å². The van der Waals surface area contributed by atoms with Crippen LogP contribution in [0.25, 0.3) is 10.9 Å². The molecular formula is C18H24N4O2. The lowest BCUT2D eigenvalue weighted by Crippen LogP contribution is -2.43. The van der Waals surface area contributed by atoms with Crippen LogP contribution < -0.4 is 16.2 Å². The number of urea groups is 1. The number of para-hydroxylation sites is 1. The monoisotopic (exact) mass is 328 g/mol. The number of amides is 2. The van der Waals surface area contributed by atoms with Crippen LogP contribution in [0.15, 0.2) is 29.1 Å². The average molecular weight is 328 g/mol. The Morgan fingerprint density at radius 3 is 2.79 bits per heavy atom. The third-order valence-corrected chi connectivity index (χ3v) is 4.65. The predicted octanol–water partition coefficient (Wildman–Crippen LogP) is 2.11. The number of benzene rings is 1. The summed E-state index contributed by atoms with van der Waals surface area (Å²) in [6.07, 6.45) is 6.29. The molecule has 0 bridgehead atoms. The topological polar surface area (TPSA) is 76.0 Å². The number of hydrogen-bond donors (Lipinski definition) is 2. The van der Waals surface area contributed by atoms with Crippen LogP contribution in [0.4, 0.5) is 4.79 Å². The molecule has 1 saturated carbocycles. The first-order chi connectivity index (χ1) is 11.6. The average Bonchev–Trinajstić information content (AvgIpc) is 2.60. The van der Waals surface area contributed by atoms with E-state index < -0.39 is 0 Å². The van der Waals surface area contributed by atoms with Crippen molar-refractivity contribution in [3.8, 4) is 0 Å². The zero-order chi connectivity index (χ0) is 16.9. The number of hydrogen-bond acceptors (Lipinski definition) is 3. The van der Waals surface area contributed by atoms with E-state index in [2.05, 4.69) is 15.6 Å². The fourth-order valence-electron chi connectivity index (χ4n) is 3.26. The van der Waals surface area contributed by atoms with Crippen LogP contribution in [0.3, 0.4) is 0 Å². The first-order valence-electron chi connectivity index (χ1n) is 8.64. The Morgan fingerprint density at radius 2 is 2.00 bits per heavy atom. The molecule has 1 aliphatic rings. The van der Waals surface area contributed by atoms with Crippen molar-refractivity contribution >= 4 is 16.9 Å². The van der Waals surface area contributed by atoms with Gasteiger partial charge in [-0.1, -0.05) is 31.4 Å². The second kappa shape index (κ2) is 7.47. The molecule has 0 spiro atoms. The Balaban J connectivity index is 1.58. The Kier molecular flexibility index (Phi) is 5.13. The van der Waals surface area contributed by atoms with Crippen LogP contribution in [-0.4, -0.2) is 28.2 Å². The molecule has 0 saturated heterocycles. The van der Waals surface area contributed by atoms with Crippen LogP contribution in [-0.2, 0) is 13.5 Å². The van der Waals surface area contributed by atoms with E-state index in [1.165, 1.54) is 19.3 Å². The highest BCUT2D eigenvalue weighted by molar-refractivity contribution is 5.77. The summed E-state index contributed by atoms with van der Waals surface area (Å²) in [5.41, 5.74) is 0.643. The van der Waals surface area contributed by atoms with E-state index in [-0.39, 0.29) is 11.6 Å². The molecule has 6 nitrogen and oxygen atoms in total. The summed E-state index contributed by atoms with van der Waals surface area (Å²) in [4.78, 5) is 28.8. The fourth-order valence-corrected chi connectivity index (χ4v) is 3.26. The minimum atomic E-state index is -0.132. The van der Waals surface area contributed by atoms with Crippen molar-refractivity contribution in [3.63, 3.8) is 0 Å². The molecule has 1 heterocycles. The fraction of sp³-hybridized carbons (Fsp3) is 0.500. The summed E-state index contributed by atoms with van der Waals surface area (Å²) < 4.78 is 1.56. The van der Waals surface area contributed by atoms with Crippen molar-refractivity contribution in [1.82, 2.24) is 20.2 Å². The maximum absolute atomic E-state index is 12.3. The Hall–Kier alpha value is -2.37. The highest BCUT2D eigenvalue weighted by Gasteiger charge is 2.15. The van der Waals surface area contributed by atoms with Crippen molar-refractivity contribution in [3.05, 3.63) is 40.4 Å². The van der Waals surface area contributed by atoms with Gasteiger partial charge in [-0.2, -0.15) is 0 Å². The van der Waals surface area contributed by atoms with Gasteiger partial charge in [0.1, 0.15) is 5.82 Å². The lowest BCUT2D eigenvalue weighted by atomic mass is 9.96. The molecule has 0 aliphatic heterocycles. The second-order valence-corrected chi connectivity index (χ2v) is 6.39. The lowest BCUT2D eigenvalue weighted by molar-refractivity contribution is 0.232. The van der Waals surface area contributed by atoms with Crippen molar-refractivity contribution in [2.45, 2.75) is 44.6 Å². The molecule has 1 aliphatic carbocycles. The molecule has 128 valence electrons. The molecule has 0 atom stereocenters. The van der Waals surface area contributed by atoms with E-state index >= 15 is 0 Å². The Bertz CT molecular complexity index is 778. The zero-order valence-corrected chi connectivity index (χ0v) is 14.0. The van der Waals surface area contributed by atoms with E-state index in [0.29, 0.717) is 35.7 Å². The van der Waals surface area contributed by atoms with Gasteiger partial charge in [0.05, 0.1) is 10.9 Å². The second-order valence-electron chi connectivity index (χ2n) is 6.39. The highest BCUT2D eigenvalue weighted by Crippen LogP contribution is 2.17. The minimum Gasteiger partial charge on any atom is -0.338 e. The summed E-state index contributed by atoms with van der Waals surface area (Å²) in [6.45, 7) is 0.456. The molecule has 0 radical (unpaired) electrons. The van der Waals surface area contributed by atoms with Gasteiger partial charge in [-0.15, -0.1) is 0 Å². The summed E-state index contributed by atoms with van der Waals surface area (Å²) in [6, 6.07) is 7.49. The van der Waals surface area contributed by atoms with Gasteiger partial charge >= 0.3 is 6.03 Å². The first kappa shape index (κ1) is 16.5. The number of carbonyl (C=O) groups excluding carboxylic acids is 1. The third-order valence-electron chi connectivity index (χ3n) is 4.65. The van der Waals surface area contributed by atoms with E-state index in [9.17, 15) is 9.59 Å². The number of aromatic nitrogens is 2. The standard InChI is InChI=1S/C18H24N4O2/c1-22-16(21-15-10-6-5-9-14(15)17(22)23)11-12-19-18(24)20-13-7-3-2-4-8-13/h5-6,9-10,13H,2-4,7-8,11-12H2,1H3,(H2,19,20,24). The largest absolute Gasteiger partial charge is 0.338 e. The van der Waals surface area contributed by atoms with Gasteiger partial charge in [0.25, 0.3) is 5.56 Å². The molecular weight excluding hydrogens is 304 g/mol. The van der Waals surface area contributed by atoms with Crippen LogP contribution in [0.1, 0.15) is 37.9 Å². The van der Waals surface area contributed by atoms with Crippen molar-refractivity contribution in [2.24, 2.45) is 7.05 Å². The minimum absolute atomic E-state index is 0.0535. The number of nitrogens with one attached hydrogen (secondary N) is 2. The molecule has 2 amide bonds. The number of rotatable bonds is 4. The number of fused-ring (bicyclic) bond motifs is 1. The van der Waals surface area contributed by atoms with E-state index in [1.54, 1.807) is 17.7 Å². The Labute approximate surface area is 141 Å². The lowest BCUT2D eigenvalue weighted by Gasteiger charge is -2.22. The van der Waals surface area contributed by atoms with Gasteiger partial charge in [-0.3, -0.25) is 9.36 Å². The summed E-state index contributed by atoms with van der Waals surface area (Å²) in [5, 5.41) is 6.51. The van der Waals surface area contributed by atoms with Gasteiger partial charge in [-0.25, -0.2) is 9.78 Å². The molecule has 6 heteroatoms. The number of carbonyl (C=O) groups is 1. The molecule has 1 fully saturated rings. The molecule has 24 heavy (non-hydrogen) atoms. The van der Waals surface area contributed by atoms with Gasteiger partial charge in [0, 0.05) is 26.1 Å². The van der Waals surface area contributed by atoms with E-state index in [4.69, 9.17) is 0 Å². The van der Waals surface area contributed by atoms with Gasteiger partial charge in [0.15, 0.2) is 0 Å². The Morgan fingerprint density at radius 1 is 1.25 bits per heavy atom. The van der Waals surface area contributed by atoms with Crippen molar-refractivity contribution in [1.29, 1.82) is 0 Å². The maximum atomic E-state index is 12.3. The summed E-state index contributed by atoms with van der Waals surface area (Å²) in [7, 11) is 1.72. The van der Waals surface area contributed by atoms with Crippen LogP contribution in [0, 0.1) is 0 Å². The van der Waals surface area contributed by atoms with Crippen molar-refractivity contribution in [2.75, 3.05) is 6.54 Å². The molecule has 0 unspecified atom stereocenters. The predicted molar refractivity (Wildman–Crippen MR) is 94.1 cm³/mol. The third kappa shape index (κ3) is 3.75. The van der Waals surface area contributed by atoms with Crippen LogP contribution >= 0.6 is 0 Å². The quantitative estimate of drug-likeness (QED) is 0.902. The number of nitrogens with zero attached hydrogens (tertiary/aromatic N) is 2. The SMILES string of the molecule is Cn1c(CCNC(=O)NC2CCCCC2)nc2ccccc2c1=O. The van der Waals surface area contributed by atoms with E-state index in [0.717, 1.165) is 12.8 Å². The molecule has 3 rings (SSSR count). The molecule has 1 aromatic heterocycles. The molecule has 2 N–H and O–H groups in total. The maximum Gasteiger partial charge on any atom is 0.315 e. The highest BCUT2D eigenvalue weighted by atomic mass is 16.2. The van der Waals surface area contributed by atoms with Gasteiger partial charge in [-0.05, 0) is 25.0 Å². The normalized spacial score (nSPS) is 15.4. The smallest absolute Gasteiger partial charge is 0.315 e.